The summed E-state index contributed by atoms with van der Waals surface area (Å²) in [6, 6.07) is 2.81. The monoisotopic (exact) mass is 164 g/mol. The van der Waals surface area contributed by atoms with E-state index in [4.69, 9.17) is 0 Å². The van der Waals surface area contributed by atoms with Gasteiger partial charge in [0.2, 0.25) is 0 Å². The van der Waals surface area contributed by atoms with Crippen LogP contribution >= 0.6 is 0 Å². The van der Waals surface area contributed by atoms with E-state index in [0.717, 1.165) is 12.5 Å². The molecule has 1 aliphatic carbocycles. The molecule has 0 bridgehead atoms. The Labute approximate surface area is 73.4 Å². The highest BCUT2D eigenvalue weighted by Gasteiger charge is 2.27. The summed E-state index contributed by atoms with van der Waals surface area (Å²) in [5, 5.41) is 3.53. The van der Waals surface area contributed by atoms with Gasteiger partial charge in [-0.3, -0.25) is 0 Å². The summed E-state index contributed by atoms with van der Waals surface area (Å²) in [4.78, 5) is 3.06. The third kappa shape index (κ3) is 1.89. The van der Waals surface area contributed by atoms with Crippen LogP contribution in [0.3, 0.4) is 0 Å². The molecule has 0 radical (unpaired) electrons. The Morgan fingerprint density at radius 3 is 3.08 bits per heavy atom. The molecule has 2 rings (SSSR count). The maximum absolute atomic E-state index is 3.53. The third-order valence-electron chi connectivity index (χ3n) is 2.62. The van der Waals surface area contributed by atoms with Crippen LogP contribution in [0.4, 0.5) is 0 Å². The van der Waals surface area contributed by atoms with Gasteiger partial charge in [-0.25, -0.2) is 0 Å². The number of aromatic nitrogens is 1. The summed E-state index contributed by atoms with van der Waals surface area (Å²) in [6.45, 7) is 3.28. The van der Waals surface area contributed by atoms with Gasteiger partial charge in [0.05, 0.1) is 0 Å². The van der Waals surface area contributed by atoms with Gasteiger partial charge in [-0.1, -0.05) is 0 Å². The van der Waals surface area contributed by atoms with Crippen molar-refractivity contribution in [2.45, 2.75) is 32.4 Å². The lowest BCUT2D eigenvalue weighted by Gasteiger charge is -2.11. The molecule has 1 fully saturated rings. The van der Waals surface area contributed by atoms with Gasteiger partial charge in [0.15, 0.2) is 0 Å². The van der Waals surface area contributed by atoms with Crippen molar-refractivity contribution in [3.05, 3.63) is 24.0 Å². The van der Waals surface area contributed by atoms with Crippen LogP contribution in [0, 0.1) is 5.92 Å². The average Bonchev–Trinajstić information content (AvgIpc) is 2.80. The number of H-pyrrole nitrogens is 1. The first-order valence-electron chi connectivity index (χ1n) is 4.71. The highest BCUT2D eigenvalue weighted by atomic mass is 14.9. The minimum Gasteiger partial charge on any atom is -0.367 e. The van der Waals surface area contributed by atoms with E-state index in [1.807, 2.05) is 12.4 Å². The number of hydrogen-bond acceptors (Lipinski definition) is 1. The van der Waals surface area contributed by atoms with Gasteiger partial charge in [0.1, 0.15) is 0 Å². The largest absolute Gasteiger partial charge is 0.367 e. The molecule has 1 aliphatic rings. The van der Waals surface area contributed by atoms with Crippen LogP contribution in [0.5, 0.6) is 0 Å². The Balaban J connectivity index is 1.74. The summed E-state index contributed by atoms with van der Waals surface area (Å²) < 4.78 is 0. The topological polar surface area (TPSA) is 27.8 Å². The van der Waals surface area contributed by atoms with Crippen LogP contribution in [0.15, 0.2) is 18.5 Å². The SMILES string of the molecule is CC(NCc1cc[nH]c1)C1CC1. The molecule has 0 aromatic carbocycles. The Kier molecular flexibility index (Phi) is 2.17. The second-order valence-electron chi connectivity index (χ2n) is 3.73. The van der Waals surface area contributed by atoms with E-state index in [1.165, 1.54) is 18.4 Å². The molecule has 2 nitrogen and oxygen atoms in total. The van der Waals surface area contributed by atoms with Crippen LogP contribution in [-0.4, -0.2) is 11.0 Å². The summed E-state index contributed by atoms with van der Waals surface area (Å²) in [5.74, 6) is 0.948. The minimum atomic E-state index is 0.694. The van der Waals surface area contributed by atoms with Crippen LogP contribution < -0.4 is 5.32 Å². The van der Waals surface area contributed by atoms with Gasteiger partial charge in [0.25, 0.3) is 0 Å². The smallest absolute Gasteiger partial charge is 0.0223 e. The summed E-state index contributed by atoms with van der Waals surface area (Å²) in [5.41, 5.74) is 1.35. The lowest BCUT2D eigenvalue weighted by molar-refractivity contribution is 0.496. The number of nitrogens with one attached hydrogen (secondary N) is 2. The van der Waals surface area contributed by atoms with Gasteiger partial charge in [0, 0.05) is 25.0 Å². The predicted octanol–water partition coefficient (Wildman–Crippen LogP) is 1.90. The van der Waals surface area contributed by atoms with E-state index in [9.17, 15) is 0 Å². The van der Waals surface area contributed by atoms with Crippen molar-refractivity contribution in [2.75, 3.05) is 0 Å². The lowest BCUT2D eigenvalue weighted by atomic mass is 10.2. The second kappa shape index (κ2) is 3.31. The number of rotatable bonds is 4. The van der Waals surface area contributed by atoms with E-state index in [0.29, 0.717) is 6.04 Å². The fourth-order valence-corrected chi connectivity index (χ4v) is 1.51. The Bertz CT molecular complexity index is 224. The molecule has 12 heavy (non-hydrogen) atoms. The first-order valence-corrected chi connectivity index (χ1v) is 4.71. The standard InChI is InChI=1S/C10H16N2/c1-8(10-2-3-10)12-7-9-4-5-11-6-9/h4-6,8,10-12H,2-3,7H2,1H3. The molecule has 66 valence electrons. The molecule has 1 atom stereocenters. The highest BCUT2D eigenvalue weighted by molar-refractivity contribution is 5.07. The molecule has 0 aliphatic heterocycles. The van der Waals surface area contributed by atoms with Gasteiger partial charge in [-0.2, -0.15) is 0 Å². The van der Waals surface area contributed by atoms with Crippen LogP contribution in [0.1, 0.15) is 25.3 Å². The molecule has 0 amide bonds. The van der Waals surface area contributed by atoms with E-state index >= 15 is 0 Å². The van der Waals surface area contributed by atoms with Crippen molar-refractivity contribution in [1.29, 1.82) is 0 Å². The molecular weight excluding hydrogens is 148 g/mol. The molecule has 2 heteroatoms. The Morgan fingerprint density at radius 2 is 2.50 bits per heavy atom. The summed E-state index contributed by atoms with van der Waals surface area (Å²) >= 11 is 0. The van der Waals surface area contributed by atoms with E-state index in [2.05, 4.69) is 23.3 Å². The molecule has 2 N–H and O–H groups in total. The van der Waals surface area contributed by atoms with Crippen molar-refractivity contribution in [3.63, 3.8) is 0 Å². The summed E-state index contributed by atoms with van der Waals surface area (Å²) in [6.07, 6.45) is 6.86. The first-order chi connectivity index (χ1) is 5.86. The van der Waals surface area contributed by atoms with Crippen molar-refractivity contribution in [3.8, 4) is 0 Å². The second-order valence-corrected chi connectivity index (χ2v) is 3.73. The van der Waals surface area contributed by atoms with E-state index < -0.39 is 0 Å². The maximum atomic E-state index is 3.53. The van der Waals surface area contributed by atoms with Gasteiger partial charge in [-0.05, 0) is 37.3 Å². The molecule has 1 aromatic heterocycles. The quantitative estimate of drug-likeness (QED) is 0.699. The Morgan fingerprint density at radius 1 is 1.67 bits per heavy atom. The Hall–Kier alpha value is -0.760. The van der Waals surface area contributed by atoms with Crippen LogP contribution in [-0.2, 0) is 6.54 Å². The average molecular weight is 164 g/mol. The molecule has 1 aromatic rings. The molecule has 0 saturated heterocycles. The molecular formula is C10H16N2. The number of aromatic amines is 1. The lowest BCUT2D eigenvalue weighted by Crippen LogP contribution is -2.26. The van der Waals surface area contributed by atoms with Crippen molar-refractivity contribution in [1.82, 2.24) is 10.3 Å². The van der Waals surface area contributed by atoms with Crippen molar-refractivity contribution < 1.29 is 0 Å². The third-order valence-corrected chi connectivity index (χ3v) is 2.62. The summed E-state index contributed by atoms with van der Waals surface area (Å²) in [7, 11) is 0. The van der Waals surface area contributed by atoms with Gasteiger partial charge >= 0.3 is 0 Å². The first kappa shape index (κ1) is 7.87. The van der Waals surface area contributed by atoms with Gasteiger partial charge in [-0.15, -0.1) is 0 Å². The molecule has 1 heterocycles. The van der Waals surface area contributed by atoms with Crippen LogP contribution in [0.2, 0.25) is 0 Å². The predicted molar refractivity (Wildman–Crippen MR) is 49.8 cm³/mol. The molecule has 0 spiro atoms. The molecule has 1 unspecified atom stereocenters. The van der Waals surface area contributed by atoms with E-state index in [1.54, 1.807) is 0 Å². The molecule has 1 saturated carbocycles. The number of hydrogen-bond donors (Lipinski definition) is 2. The normalized spacial score (nSPS) is 19.4. The van der Waals surface area contributed by atoms with Crippen LogP contribution in [0.25, 0.3) is 0 Å². The zero-order chi connectivity index (χ0) is 8.39. The zero-order valence-electron chi connectivity index (χ0n) is 7.51. The van der Waals surface area contributed by atoms with E-state index in [-0.39, 0.29) is 0 Å². The fourth-order valence-electron chi connectivity index (χ4n) is 1.51. The van der Waals surface area contributed by atoms with Crippen molar-refractivity contribution in [2.24, 2.45) is 5.92 Å². The van der Waals surface area contributed by atoms with Crippen molar-refractivity contribution >= 4 is 0 Å². The van der Waals surface area contributed by atoms with Gasteiger partial charge < -0.3 is 10.3 Å². The maximum Gasteiger partial charge on any atom is 0.0223 e. The zero-order valence-corrected chi connectivity index (χ0v) is 7.51. The highest BCUT2D eigenvalue weighted by Crippen LogP contribution is 2.32. The fraction of sp³-hybridized carbons (Fsp3) is 0.600. The minimum absolute atomic E-state index is 0.694.